The van der Waals surface area contributed by atoms with Crippen LogP contribution in [0.3, 0.4) is 0 Å². The van der Waals surface area contributed by atoms with Crippen LogP contribution in [-0.2, 0) is 11.3 Å². The van der Waals surface area contributed by atoms with Gasteiger partial charge in [-0.1, -0.05) is 12.1 Å². The van der Waals surface area contributed by atoms with Gasteiger partial charge in [0.25, 0.3) is 0 Å². The third-order valence-electron chi connectivity index (χ3n) is 5.41. The molecule has 23 heavy (non-hydrogen) atoms. The van der Waals surface area contributed by atoms with Crippen LogP contribution in [0.5, 0.6) is 0 Å². The first-order valence-corrected chi connectivity index (χ1v) is 8.33. The molecule has 122 valence electrons. The fourth-order valence-corrected chi connectivity index (χ4v) is 4.04. The van der Waals surface area contributed by atoms with Gasteiger partial charge in [0, 0.05) is 31.7 Å². The van der Waals surface area contributed by atoms with Crippen LogP contribution < -0.4 is 0 Å². The molecule has 2 aliphatic rings. The summed E-state index contributed by atoms with van der Waals surface area (Å²) < 4.78 is 5.64. The molecule has 3 heterocycles. The number of para-hydroxylation sites is 2. The maximum absolute atomic E-state index is 9.90. The molecule has 2 aromatic rings. The number of likely N-dealkylation sites (tertiary alicyclic amines) is 1. The lowest BCUT2D eigenvalue weighted by atomic mass is 9.76. The van der Waals surface area contributed by atoms with Crippen LogP contribution in [-0.4, -0.2) is 52.9 Å². The van der Waals surface area contributed by atoms with E-state index in [9.17, 15) is 5.11 Å². The van der Waals surface area contributed by atoms with Gasteiger partial charge < -0.3 is 9.84 Å². The van der Waals surface area contributed by atoms with Crippen LogP contribution in [0.15, 0.2) is 24.3 Å². The predicted octanol–water partition coefficient (Wildman–Crippen LogP) is 1.77. The minimum atomic E-state index is -0.0869. The lowest BCUT2D eigenvalue weighted by molar-refractivity contribution is -0.0561. The molecule has 2 atom stereocenters. The van der Waals surface area contributed by atoms with Crippen LogP contribution in [0.4, 0.5) is 0 Å². The van der Waals surface area contributed by atoms with Gasteiger partial charge in [0.05, 0.1) is 35.6 Å². The SMILES string of the molecule is Cc1nc2ccccc2nc1CN1C[C@@H]2CCOC[C@]2(CO)C1. The highest BCUT2D eigenvalue weighted by Gasteiger charge is 2.48. The second-order valence-corrected chi connectivity index (χ2v) is 6.97. The van der Waals surface area contributed by atoms with E-state index in [1.807, 2.05) is 31.2 Å². The summed E-state index contributed by atoms with van der Waals surface area (Å²) in [6.45, 7) is 6.41. The maximum atomic E-state index is 9.90. The monoisotopic (exact) mass is 313 g/mol. The van der Waals surface area contributed by atoms with Crippen molar-refractivity contribution in [1.29, 1.82) is 0 Å². The summed E-state index contributed by atoms with van der Waals surface area (Å²) in [6, 6.07) is 8.00. The molecule has 5 nitrogen and oxygen atoms in total. The number of hydrogen-bond donors (Lipinski definition) is 1. The highest BCUT2D eigenvalue weighted by atomic mass is 16.5. The van der Waals surface area contributed by atoms with Gasteiger partial charge in [-0.25, -0.2) is 9.97 Å². The average Bonchev–Trinajstić information content (AvgIpc) is 2.94. The summed E-state index contributed by atoms with van der Waals surface area (Å²) in [5.41, 5.74) is 3.84. The van der Waals surface area contributed by atoms with Crippen molar-refractivity contribution >= 4 is 11.0 Å². The third-order valence-corrected chi connectivity index (χ3v) is 5.41. The Balaban J connectivity index is 1.58. The van der Waals surface area contributed by atoms with Gasteiger partial charge in [-0.2, -0.15) is 0 Å². The lowest BCUT2D eigenvalue weighted by Crippen LogP contribution is -2.42. The summed E-state index contributed by atoms with van der Waals surface area (Å²) in [5, 5.41) is 9.90. The van der Waals surface area contributed by atoms with Crippen molar-refractivity contribution in [3.8, 4) is 0 Å². The van der Waals surface area contributed by atoms with E-state index in [1.165, 1.54) is 0 Å². The third kappa shape index (κ3) is 2.63. The standard InChI is InChI=1S/C18H23N3O2/c1-13-17(20-16-5-3-2-4-15(16)19-13)9-21-8-14-6-7-23-12-18(14,10-21)11-22/h2-5,14,22H,6-12H2,1H3/t14-,18+/m0/s1. The fourth-order valence-electron chi connectivity index (χ4n) is 4.04. The lowest BCUT2D eigenvalue weighted by Gasteiger charge is -2.36. The van der Waals surface area contributed by atoms with Gasteiger partial charge >= 0.3 is 0 Å². The highest BCUT2D eigenvalue weighted by molar-refractivity contribution is 5.74. The van der Waals surface area contributed by atoms with Gasteiger partial charge in [-0.15, -0.1) is 0 Å². The van der Waals surface area contributed by atoms with E-state index in [2.05, 4.69) is 9.88 Å². The summed E-state index contributed by atoms with van der Waals surface area (Å²) >= 11 is 0. The Morgan fingerprint density at radius 1 is 1.30 bits per heavy atom. The molecule has 4 rings (SSSR count). The summed E-state index contributed by atoms with van der Waals surface area (Å²) in [4.78, 5) is 11.9. The molecule has 0 saturated carbocycles. The first-order valence-electron chi connectivity index (χ1n) is 8.33. The smallest absolute Gasteiger partial charge is 0.0890 e. The van der Waals surface area contributed by atoms with Crippen molar-refractivity contribution in [2.45, 2.75) is 19.9 Å². The van der Waals surface area contributed by atoms with E-state index in [1.54, 1.807) is 0 Å². The Labute approximate surface area is 136 Å². The van der Waals surface area contributed by atoms with Crippen LogP contribution in [0.1, 0.15) is 17.8 Å². The Hall–Kier alpha value is -1.56. The van der Waals surface area contributed by atoms with Crippen molar-refractivity contribution in [2.24, 2.45) is 11.3 Å². The number of ether oxygens (including phenoxy) is 1. The zero-order chi connectivity index (χ0) is 15.9. The van der Waals surface area contributed by atoms with E-state index >= 15 is 0 Å². The summed E-state index contributed by atoms with van der Waals surface area (Å²) in [6.07, 6.45) is 1.04. The highest BCUT2D eigenvalue weighted by Crippen LogP contribution is 2.41. The number of aromatic nitrogens is 2. The number of aryl methyl sites for hydroxylation is 1. The number of fused-ring (bicyclic) bond motifs is 2. The molecule has 5 heteroatoms. The van der Waals surface area contributed by atoms with Gasteiger partial charge in [0.1, 0.15) is 0 Å². The average molecular weight is 313 g/mol. The van der Waals surface area contributed by atoms with E-state index in [0.29, 0.717) is 12.5 Å². The Kier molecular flexibility index (Phi) is 3.79. The predicted molar refractivity (Wildman–Crippen MR) is 88.0 cm³/mol. The minimum Gasteiger partial charge on any atom is -0.396 e. The van der Waals surface area contributed by atoms with Crippen molar-refractivity contribution in [2.75, 3.05) is 32.9 Å². The van der Waals surface area contributed by atoms with Crippen molar-refractivity contribution < 1.29 is 9.84 Å². The topological polar surface area (TPSA) is 58.5 Å². The molecule has 0 radical (unpaired) electrons. The molecule has 0 unspecified atom stereocenters. The zero-order valence-electron chi connectivity index (χ0n) is 13.5. The first kappa shape index (κ1) is 15.0. The van der Waals surface area contributed by atoms with Crippen molar-refractivity contribution in [1.82, 2.24) is 14.9 Å². The molecule has 1 N–H and O–H groups in total. The summed E-state index contributed by atoms with van der Waals surface area (Å²) in [5.74, 6) is 0.523. The number of aliphatic hydroxyl groups is 1. The number of aliphatic hydroxyl groups excluding tert-OH is 1. The maximum Gasteiger partial charge on any atom is 0.0890 e. The molecule has 1 aromatic carbocycles. The van der Waals surface area contributed by atoms with Crippen LogP contribution in [0.2, 0.25) is 0 Å². The number of benzene rings is 1. The van der Waals surface area contributed by atoms with E-state index in [0.717, 1.165) is 55.1 Å². The van der Waals surface area contributed by atoms with Gasteiger partial charge in [-0.3, -0.25) is 4.90 Å². The summed E-state index contributed by atoms with van der Waals surface area (Å²) in [7, 11) is 0. The fraction of sp³-hybridized carbons (Fsp3) is 0.556. The Morgan fingerprint density at radius 3 is 2.83 bits per heavy atom. The van der Waals surface area contributed by atoms with Crippen molar-refractivity contribution in [3.63, 3.8) is 0 Å². The van der Waals surface area contributed by atoms with Crippen LogP contribution in [0, 0.1) is 18.3 Å². The Bertz CT molecular complexity index is 720. The molecule has 0 bridgehead atoms. The first-order chi connectivity index (χ1) is 11.2. The molecule has 2 fully saturated rings. The minimum absolute atomic E-state index is 0.0869. The molecular weight excluding hydrogens is 290 g/mol. The quantitative estimate of drug-likeness (QED) is 0.936. The van der Waals surface area contributed by atoms with Crippen molar-refractivity contribution in [3.05, 3.63) is 35.7 Å². The molecule has 2 saturated heterocycles. The van der Waals surface area contributed by atoms with Crippen LogP contribution >= 0.6 is 0 Å². The molecule has 2 aliphatic heterocycles. The van der Waals surface area contributed by atoms with Gasteiger partial charge in [0.2, 0.25) is 0 Å². The molecule has 0 aliphatic carbocycles. The van der Waals surface area contributed by atoms with E-state index < -0.39 is 0 Å². The van der Waals surface area contributed by atoms with E-state index in [-0.39, 0.29) is 12.0 Å². The molecule has 0 amide bonds. The van der Waals surface area contributed by atoms with Gasteiger partial charge in [-0.05, 0) is 31.4 Å². The number of hydrogen-bond acceptors (Lipinski definition) is 5. The number of rotatable bonds is 3. The van der Waals surface area contributed by atoms with Crippen LogP contribution in [0.25, 0.3) is 11.0 Å². The molecule has 0 spiro atoms. The zero-order valence-corrected chi connectivity index (χ0v) is 13.5. The van der Waals surface area contributed by atoms with E-state index in [4.69, 9.17) is 9.72 Å². The molecular formula is C18H23N3O2. The van der Waals surface area contributed by atoms with Gasteiger partial charge in [0.15, 0.2) is 0 Å². The Morgan fingerprint density at radius 2 is 2.09 bits per heavy atom. The number of nitrogens with zero attached hydrogens (tertiary/aromatic N) is 3. The second-order valence-electron chi connectivity index (χ2n) is 6.97. The second kappa shape index (κ2) is 5.82. The normalized spacial score (nSPS) is 28.2. The molecule has 1 aromatic heterocycles. The largest absolute Gasteiger partial charge is 0.396 e.